The van der Waals surface area contributed by atoms with Gasteiger partial charge in [0.2, 0.25) is 0 Å². The first-order valence-electron chi connectivity index (χ1n) is 7.10. The number of hydrogen-bond donors (Lipinski definition) is 1. The third-order valence-electron chi connectivity index (χ3n) is 3.17. The second-order valence-electron chi connectivity index (χ2n) is 5.32. The van der Waals surface area contributed by atoms with E-state index in [2.05, 4.69) is 53.6 Å². The zero-order valence-electron chi connectivity index (χ0n) is 13.1. The van der Waals surface area contributed by atoms with E-state index in [0.717, 1.165) is 35.2 Å². The first-order valence-corrected chi connectivity index (χ1v) is 7.98. The molecule has 0 radical (unpaired) electrons. The van der Waals surface area contributed by atoms with E-state index in [9.17, 15) is 0 Å². The summed E-state index contributed by atoms with van der Waals surface area (Å²) < 4.78 is 5.18. The number of rotatable bonds is 7. The van der Waals surface area contributed by atoms with Crippen LogP contribution in [-0.4, -0.2) is 25.2 Å². The van der Waals surface area contributed by atoms with E-state index in [1.807, 2.05) is 12.1 Å². The molecular formula is C16H23N3OS. The van der Waals surface area contributed by atoms with Crippen molar-refractivity contribution in [2.75, 3.05) is 19.1 Å². The standard InChI is InChI=1S/C16H23N3OS/c1-12(2)17-9-16-18-13(11-21-16)10-19(3)14-5-7-15(20-4)8-6-14/h5-8,11-12,17H,9-10H2,1-4H3. The second-order valence-corrected chi connectivity index (χ2v) is 6.26. The first kappa shape index (κ1) is 15.8. The highest BCUT2D eigenvalue weighted by Gasteiger charge is 2.07. The summed E-state index contributed by atoms with van der Waals surface area (Å²) in [6.45, 7) is 5.94. The third-order valence-corrected chi connectivity index (χ3v) is 4.07. The predicted molar refractivity (Wildman–Crippen MR) is 89.2 cm³/mol. The molecule has 5 heteroatoms. The average molecular weight is 305 g/mol. The number of nitrogens with zero attached hydrogens (tertiary/aromatic N) is 2. The average Bonchev–Trinajstić information content (AvgIpc) is 2.92. The van der Waals surface area contributed by atoms with Gasteiger partial charge < -0.3 is 15.0 Å². The van der Waals surface area contributed by atoms with Crippen LogP contribution in [0.25, 0.3) is 0 Å². The topological polar surface area (TPSA) is 37.4 Å². The van der Waals surface area contributed by atoms with Crippen LogP contribution in [0.3, 0.4) is 0 Å². The van der Waals surface area contributed by atoms with Gasteiger partial charge in [0.15, 0.2) is 0 Å². The summed E-state index contributed by atoms with van der Waals surface area (Å²) >= 11 is 1.71. The van der Waals surface area contributed by atoms with Gasteiger partial charge in [0.1, 0.15) is 10.8 Å². The van der Waals surface area contributed by atoms with Crippen LogP contribution in [0.4, 0.5) is 5.69 Å². The minimum atomic E-state index is 0.485. The van der Waals surface area contributed by atoms with Crippen molar-refractivity contribution in [2.24, 2.45) is 0 Å². The molecule has 1 heterocycles. The Labute approximate surface area is 130 Å². The van der Waals surface area contributed by atoms with Crippen molar-refractivity contribution >= 4 is 17.0 Å². The number of anilines is 1. The Kier molecular flexibility index (Phi) is 5.59. The Morgan fingerprint density at radius 2 is 2.00 bits per heavy atom. The molecule has 1 N–H and O–H groups in total. The molecular weight excluding hydrogens is 282 g/mol. The highest BCUT2D eigenvalue weighted by atomic mass is 32.1. The number of aromatic nitrogens is 1. The van der Waals surface area contributed by atoms with Gasteiger partial charge in [-0.25, -0.2) is 4.98 Å². The number of methoxy groups -OCH3 is 1. The van der Waals surface area contributed by atoms with Crippen molar-refractivity contribution in [1.82, 2.24) is 10.3 Å². The molecule has 1 aromatic carbocycles. The zero-order valence-corrected chi connectivity index (χ0v) is 13.9. The number of benzene rings is 1. The summed E-state index contributed by atoms with van der Waals surface area (Å²) in [6.07, 6.45) is 0. The van der Waals surface area contributed by atoms with E-state index >= 15 is 0 Å². The molecule has 114 valence electrons. The van der Waals surface area contributed by atoms with Crippen LogP contribution in [0.1, 0.15) is 24.5 Å². The summed E-state index contributed by atoms with van der Waals surface area (Å²) in [5, 5.41) is 6.67. The van der Waals surface area contributed by atoms with Crippen LogP contribution in [0, 0.1) is 0 Å². The molecule has 0 aliphatic rings. The van der Waals surface area contributed by atoms with Gasteiger partial charge in [-0.2, -0.15) is 0 Å². The van der Waals surface area contributed by atoms with Gasteiger partial charge in [0, 0.05) is 30.7 Å². The Morgan fingerprint density at radius 1 is 1.29 bits per heavy atom. The molecule has 0 aliphatic carbocycles. The Bertz CT molecular complexity index is 551. The molecule has 21 heavy (non-hydrogen) atoms. The van der Waals surface area contributed by atoms with E-state index < -0.39 is 0 Å². The maximum absolute atomic E-state index is 5.18. The van der Waals surface area contributed by atoms with Crippen molar-refractivity contribution in [2.45, 2.75) is 33.0 Å². The molecule has 0 fully saturated rings. The van der Waals surface area contributed by atoms with Crippen LogP contribution in [-0.2, 0) is 13.1 Å². The molecule has 1 aromatic heterocycles. The fraction of sp³-hybridized carbons (Fsp3) is 0.438. The van der Waals surface area contributed by atoms with Crippen molar-refractivity contribution < 1.29 is 4.74 Å². The van der Waals surface area contributed by atoms with E-state index in [-0.39, 0.29) is 0 Å². The largest absolute Gasteiger partial charge is 0.497 e. The minimum absolute atomic E-state index is 0.485. The number of hydrogen-bond acceptors (Lipinski definition) is 5. The van der Waals surface area contributed by atoms with Gasteiger partial charge in [-0.1, -0.05) is 13.8 Å². The van der Waals surface area contributed by atoms with Crippen LogP contribution in [0.2, 0.25) is 0 Å². The van der Waals surface area contributed by atoms with E-state index in [0.29, 0.717) is 6.04 Å². The summed E-state index contributed by atoms with van der Waals surface area (Å²) in [7, 11) is 3.76. The number of thiazole rings is 1. The lowest BCUT2D eigenvalue weighted by atomic mass is 10.2. The molecule has 0 amide bonds. The fourth-order valence-electron chi connectivity index (χ4n) is 1.97. The van der Waals surface area contributed by atoms with Crippen LogP contribution in [0.15, 0.2) is 29.6 Å². The quantitative estimate of drug-likeness (QED) is 0.852. The summed E-state index contributed by atoms with van der Waals surface area (Å²) in [5.74, 6) is 0.878. The van der Waals surface area contributed by atoms with Crippen molar-refractivity contribution in [3.05, 3.63) is 40.3 Å². The Morgan fingerprint density at radius 3 is 2.62 bits per heavy atom. The van der Waals surface area contributed by atoms with Gasteiger partial charge in [0.25, 0.3) is 0 Å². The van der Waals surface area contributed by atoms with E-state index in [1.54, 1.807) is 18.4 Å². The molecule has 0 atom stereocenters. The number of ether oxygens (including phenoxy) is 1. The van der Waals surface area contributed by atoms with Gasteiger partial charge >= 0.3 is 0 Å². The minimum Gasteiger partial charge on any atom is -0.497 e. The molecule has 0 spiro atoms. The monoisotopic (exact) mass is 305 g/mol. The third kappa shape index (κ3) is 4.72. The van der Waals surface area contributed by atoms with Crippen molar-refractivity contribution in [3.63, 3.8) is 0 Å². The summed E-state index contributed by atoms with van der Waals surface area (Å²) in [4.78, 5) is 6.86. The molecule has 0 saturated carbocycles. The van der Waals surface area contributed by atoms with Crippen LogP contribution >= 0.6 is 11.3 Å². The van der Waals surface area contributed by atoms with Crippen molar-refractivity contribution in [3.8, 4) is 5.75 Å². The maximum Gasteiger partial charge on any atom is 0.119 e. The predicted octanol–water partition coefficient (Wildman–Crippen LogP) is 3.29. The van der Waals surface area contributed by atoms with Gasteiger partial charge in [-0.15, -0.1) is 11.3 Å². The normalized spacial score (nSPS) is 10.9. The molecule has 0 unspecified atom stereocenters. The maximum atomic E-state index is 5.18. The van der Waals surface area contributed by atoms with Crippen LogP contribution in [0.5, 0.6) is 5.75 Å². The number of nitrogens with one attached hydrogen (secondary N) is 1. The summed E-state index contributed by atoms with van der Waals surface area (Å²) in [6, 6.07) is 8.56. The highest BCUT2D eigenvalue weighted by molar-refractivity contribution is 7.09. The molecule has 0 saturated heterocycles. The molecule has 2 rings (SSSR count). The lowest BCUT2D eigenvalue weighted by Gasteiger charge is -2.18. The SMILES string of the molecule is COc1ccc(N(C)Cc2csc(CNC(C)C)n2)cc1. The fourth-order valence-corrected chi connectivity index (χ4v) is 2.70. The molecule has 0 aliphatic heterocycles. The van der Waals surface area contributed by atoms with E-state index in [1.165, 1.54) is 0 Å². The molecule has 0 bridgehead atoms. The Hall–Kier alpha value is -1.59. The lowest BCUT2D eigenvalue weighted by Crippen LogP contribution is -2.22. The van der Waals surface area contributed by atoms with Gasteiger partial charge in [-0.05, 0) is 24.3 Å². The lowest BCUT2D eigenvalue weighted by molar-refractivity contribution is 0.415. The van der Waals surface area contributed by atoms with Crippen molar-refractivity contribution in [1.29, 1.82) is 0 Å². The smallest absolute Gasteiger partial charge is 0.119 e. The summed E-state index contributed by atoms with van der Waals surface area (Å²) in [5.41, 5.74) is 2.27. The second kappa shape index (κ2) is 7.43. The Balaban J connectivity index is 1.93. The van der Waals surface area contributed by atoms with Gasteiger partial charge in [-0.3, -0.25) is 0 Å². The molecule has 4 nitrogen and oxygen atoms in total. The first-order chi connectivity index (χ1) is 10.1. The van der Waals surface area contributed by atoms with E-state index in [4.69, 9.17) is 4.74 Å². The molecule has 2 aromatic rings. The zero-order chi connectivity index (χ0) is 15.2. The highest BCUT2D eigenvalue weighted by Crippen LogP contribution is 2.20. The van der Waals surface area contributed by atoms with Gasteiger partial charge in [0.05, 0.1) is 19.3 Å². The van der Waals surface area contributed by atoms with Crippen LogP contribution < -0.4 is 15.0 Å².